The van der Waals surface area contributed by atoms with Gasteiger partial charge in [-0.05, 0) is 72.5 Å². The molecule has 0 saturated heterocycles. The summed E-state index contributed by atoms with van der Waals surface area (Å²) in [4.78, 5) is 0. The lowest BCUT2D eigenvalue weighted by Crippen LogP contribution is -2.03. The molecule has 0 aliphatic heterocycles. The Morgan fingerprint density at radius 3 is 2.10 bits per heavy atom. The number of hydrogen-bond acceptors (Lipinski definition) is 2. The summed E-state index contributed by atoms with van der Waals surface area (Å²) in [5.74, 6) is 0. The summed E-state index contributed by atoms with van der Waals surface area (Å²) in [6.07, 6.45) is 4.24. The number of benzene rings is 5. The Bertz CT molecular complexity index is 1310. The van der Waals surface area contributed by atoms with Crippen molar-refractivity contribution < 1.29 is 5.11 Å². The maximum atomic E-state index is 8.93. The van der Waals surface area contributed by atoms with E-state index in [-0.39, 0.29) is 0 Å². The van der Waals surface area contributed by atoms with Crippen LogP contribution in [0.2, 0.25) is 0 Å². The molecule has 0 aliphatic rings. The molecule has 5 aromatic carbocycles. The van der Waals surface area contributed by atoms with Gasteiger partial charge in [0.05, 0.1) is 0 Å². The van der Waals surface area contributed by atoms with Gasteiger partial charge in [0.1, 0.15) is 0 Å². The molecule has 0 bridgehead atoms. The number of halogens is 1. The van der Waals surface area contributed by atoms with Gasteiger partial charge in [-0.15, -0.1) is 0 Å². The van der Waals surface area contributed by atoms with Gasteiger partial charge in [0.25, 0.3) is 0 Å². The molecule has 0 aliphatic carbocycles. The van der Waals surface area contributed by atoms with Crippen molar-refractivity contribution in [3.05, 3.63) is 65.1 Å². The van der Waals surface area contributed by atoms with Gasteiger partial charge >= 0.3 is 0 Å². The van der Waals surface area contributed by atoms with Crippen molar-refractivity contribution in [2.24, 2.45) is 0 Å². The van der Waals surface area contributed by atoms with E-state index in [1.807, 2.05) is 0 Å². The molecule has 0 amide bonds. The molecule has 3 heteroatoms. The van der Waals surface area contributed by atoms with Crippen molar-refractivity contribution in [1.82, 2.24) is 0 Å². The first kappa shape index (κ1) is 18.7. The molecule has 29 heavy (non-hydrogen) atoms. The second kappa shape index (κ2) is 7.81. The van der Waals surface area contributed by atoms with Gasteiger partial charge in [0, 0.05) is 28.7 Å². The third kappa shape index (κ3) is 3.13. The normalized spacial score (nSPS) is 11.9. The smallest absolute Gasteiger partial charge is 0.0497 e. The standard InChI is InChI=1S/C26H24BrNO/c27-26-22(28-14-3-1-2-4-15-29)16-18-10-7-12-20-19-11-5-8-17-9-6-13-21(23(17)19)25(26)24(18)20/h5-13,16,28-29H,1-4,14-15H2. The maximum absolute atomic E-state index is 8.93. The molecule has 0 aromatic heterocycles. The molecule has 0 heterocycles. The molecule has 5 rings (SSSR count). The van der Waals surface area contributed by atoms with Crippen molar-refractivity contribution in [2.45, 2.75) is 25.7 Å². The van der Waals surface area contributed by atoms with Crippen LogP contribution in [0.5, 0.6) is 0 Å². The number of rotatable bonds is 7. The van der Waals surface area contributed by atoms with Gasteiger partial charge in [-0.3, -0.25) is 0 Å². The predicted octanol–water partition coefficient (Wildman–Crippen LogP) is 7.46. The molecule has 0 fully saturated rings. The van der Waals surface area contributed by atoms with Crippen LogP contribution in [0, 0.1) is 0 Å². The van der Waals surface area contributed by atoms with Crippen LogP contribution < -0.4 is 5.32 Å². The monoisotopic (exact) mass is 445 g/mol. The zero-order valence-electron chi connectivity index (χ0n) is 16.3. The number of nitrogens with one attached hydrogen (secondary N) is 1. The average Bonchev–Trinajstić information content (AvgIpc) is 2.75. The molecule has 0 radical (unpaired) electrons. The number of fused-ring (bicyclic) bond motifs is 2. The fraction of sp³-hybridized carbons (Fsp3) is 0.231. The zero-order chi connectivity index (χ0) is 19.8. The van der Waals surface area contributed by atoms with E-state index in [9.17, 15) is 0 Å². The van der Waals surface area contributed by atoms with Crippen LogP contribution in [0.15, 0.2) is 65.1 Å². The summed E-state index contributed by atoms with van der Waals surface area (Å²) in [6, 6.07) is 22.1. The van der Waals surface area contributed by atoms with E-state index >= 15 is 0 Å². The highest BCUT2D eigenvalue weighted by molar-refractivity contribution is 9.10. The van der Waals surface area contributed by atoms with Gasteiger partial charge in [-0.1, -0.05) is 67.4 Å². The van der Waals surface area contributed by atoms with Crippen LogP contribution in [-0.4, -0.2) is 18.3 Å². The molecule has 5 aromatic rings. The Kier molecular flexibility index (Phi) is 5.03. The lowest BCUT2D eigenvalue weighted by atomic mass is 9.89. The van der Waals surface area contributed by atoms with E-state index < -0.39 is 0 Å². The van der Waals surface area contributed by atoms with Crippen LogP contribution in [0.4, 0.5) is 5.69 Å². The van der Waals surface area contributed by atoms with E-state index in [4.69, 9.17) is 5.11 Å². The third-order valence-electron chi connectivity index (χ3n) is 5.97. The highest BCUT2D eigenvalue weighted by Gasteiger charge is 2.16. The van der Waals surface area contributed by atoms with Crippen LogP contribution >= 0.6 is 15.9 Å². The summed E-state index contributed by atoms with van der Waals surface area (Å²) in [5, 5.41) is 23.1. The van der Waals surface area contributed by atoms with Crippen molar-refractivity contribution in [2.75, 3.05) is 18.5 Å². The molecular formula is C26H24BrNO. The van der Waals surface area contributed by atoms with Gasteiger partial charge < -0.3 is 10.4 Å². The van der Waals surface area contributed by atoms with Crippen molar-refractivity contribution in [1.29, 1.82) is 0 Å². The fourth-order valence-electron chi connectivity index (χ4n) is 4.63. The molecular weight excluding hydrogens is 422 g/mol. The molecule has 0 spiro atoms. The highest BCUT2D eigenvalue weighted by atomic mass is 79.9. The van der Waals surface area contributed by atoms with Crippen LogP contribution in [0.3, 0.4) is 0 Å². The third-order valence-corrected chi connectivity index (χ3v) is 6.79. The quantitative estimate of drug-likeness (QED) is 0.154. The molecule has 2 nitrogen and oxygen atoms in total. The molecule has 146 valence electrons. The Balaban J connectivity index is 1.68. The minimum atomic E-state index is 0.294. The molecule has 0 saturated carbocycles. The largest absolute Gasteiger partial charge is 0.396 e. The Morgan fingerprint density at radius 1 is 0.690 bits per heavy atom. The van der Waals surface area contributed by atoms with E-state index in [1.54, 1.807) is 0 Å². The molecule has 2 N–H and O–H groups in total. The minimum Gasteiger partial charge on any atom is -0.396 e. The summed E-state index contributed by atoms with van der Waals surface area (Å²) in [5.41, 5.74) is 1.16. The van der Waals surface area contributed by atoms with E-state index in [2.05, 4.69) is 81.9 Å². The van der Waals surface area contributed by atoms with E-state index in [0.717, 1.165) is 42.4 Å². The van der Waals surface area contributed by atoms with Gasteiger partial charge in [-0.2, -0.15) is 0 Å². The summed E-state index contributed by atoms with van der Waals surface area (Å²) in [6.45, 7) is 1.23. The minimum absolute atomic E-state index is 0.294. The number of aliphatic hydroxyl groups is 1. The summed E-state index contributed by atoms with van der Waals surface area (Å²) in [7, 11) is 0. The SMILES string of the molecule is OCCCCCCNc1cc2cccc3c4cccc5cccc(c(c1Br)c23)c54. The lowest BCUT2D eigenvalue weighted by Gasteiger charge is -2.18. The van der Waals surface area contributed by atoms with E-state index in [0.29, 0.717) is 6.61 Å². The maximum Gasteiger partial charge on any atom is 0.0497 e. The van der Waals surface area contributed by atoms with Crippen LogP contribution in [0.1, 0.15) is 25.7 Å². The van der Waals surface area contributed by atoms with Gasteiger partial charge in [0.15, 0.2) is 0 Å². The van der Waals surface area contributed by atoms with Crippen LogP contribution in [0.25, 0.3) is 43.1 Å². The first-order valence-electron chi connectivity index (χ1n) is 10.4. The Morgan fingerprint density at radius 2 is 1.34 bits per heavy atom. The summed E-state index contributed by atoms with van der Waals surface area (Å²) < 4.78 is 1.15. The van der Waals surface area contributed by atoms with Gasteiger partial charge in [0.2, 0.25) is 0 Å². The Labute approximate surface area is 179 Å². The lowest BCUT2D eigenvalue weighted by molar-refractivity contribution is 0.283. The van der Waals surface area contributed by atoms with Crippen molar-refractivity contribution in [3.63, 3.8) is 0 Å². The van der Waals surface area contributed by atoms with Gasteiger partial charge in [-0.25, -0.2) is 0 Å². The fourth-order valence-corrected chi connectivity index (χ4v) is 5.29. The topological polar surface area (TPSA) is 32.3 Å². The molecule has 0 unspecified atom stereocenters. The predicted molar refractivity (Wildman–Crippen MR) is 129 cm³/mol. The number of hydrogen-bond donors (Lipinski definition) is 2. The summed E-state index contributed by atoms with van der Waals surface area (Å²) >= 11 is 3.95. The first-order chi connectivity index (χ1) is 14.3. The second-order valence-electron chi connectivity index (χ2n) is 7.79. The van der Waals surface area contributed by atoms with Crippen molar-refractivity contribution >= 4 is 64.7 Å². The zero-order valence-corrected chi connectivity index (χ0v) is 17.9. The van der Waals surface area contributed by atoms with Crippen molar-refractivity contribution in [3.8, 4) is 0 Å². The Hall–Kier alpha value is -2.36. The molecule has 0 atom stereocenters. The number of anilines is 1. The number of aliphatic hydroxyl groups excluding tert-OH is 1. The highest BCUT2D eigenvalue weighted by Crippen LogP contribution is 2.45. The number of unbranched alkanes of at least 4 members (excludes halogenated alkanes) is 3. The van der Waals surface area contributed by atoms with Crippen LogP contribution in [-0.2, 0) is 0 Å². The first-order valence-corrected chi connectivity index (χ1v) is 11.2. The van der Waals surface area contributed by atoms with E-state index in [1.165, 1.54) is 43.1 Å². The average molecular weight is 446 g/mol. The second-order valence-corrected chi connectivity index (χ2v) is 8.58.